The van der Waals surface area contributed by atoms with Gasteiger partial charge in [0.25, 0.3) is 0 Å². The van der Waals surface area contributed by atoms with Crippen LogP contribution in [-0.4, -0.2) is 80.0 Å². The van der Waals surface area contributed by atoms with Crippen LogP contribution in [0, 0.1) is 0 Å². The molecule has 0 bridgehead atoms. The molecule has 2 aliphatic heterocycles. The molecule has 0 unspecified atom stereocenters. The topological polar surface area (TPSA) is 116 Å². The number of halogens is 3. The molecule has 2 aromatic rings. The number of amides is 2. The highest BCUT2D eigenvalue weighted by Gasteiger charge is 2.33. The van der Waals surface area contributed by atoms with Crippen molar-refractivity contribution < 1.29 is 41.0 Å². The zero-order valence-corrected chi connectivity index (χ0v) is 20.7. The van der Waals surface area contributed by atoms with E-state index in [9.17, 15) is 36.3 Å². The molecule has 0 spiro atoms. The molecule has 1 saturated heterocycles. The van der Waals surface area contributed by atoms with E-state index in [1.54, 1.807) is 6.07 Å². The Labute approximate surface area is 211 Å². The van der Waals surface area contributed by atoms with Gasteiger partial charge in [-0.3, -0.25) is 14.5 Å². The maximum Gasteiger partial charge on any atom is 0.573 e. The molecule has 1 fully saturated rings. The summed E-state index contributed by atoms with van der Waals surface area (Å²) in [6, 6.07) is 9.01. The first kappa shape index (κ1) is 26.9. The van der Waals surface area contributed by atoms with Crippen LogP contribution in [0.4, 0.5) is 18.9 Å². The van der Waals surface area contributed by atoms with Gasteiger partial charge in [-0.25, -0.2) is 8.42 Å². The number of nitrogens with one attached hydrogen (secondary N) is 1. The van der Waals surface area contributed by atoms with Gasteiger partial charge in [-0.05, 0) is 41.8 Å². The summed E-state index contributed by atoms with van der Waals surface area (Å²) in [6.07, 6.45) is -4.99. The molecule has 2 N–H and O–H groups in total. The van der Waals surface area contributed by atoms with Crippen molar-refractivity contribution in [3.63, 3.8) is 0 Å². The van der Waals surface area contributed by atoms with Crippen LogP contribution in [0.3, 0.4) is 0 Å². The quantitative estimate of drug-likeness (QED) is 0.552. The number of aliphatic hydroxyl groups is 1. The van der Waals surface area contributed by atoms with E-state index in [-0.39, 0.29) is 29.5 Å². The molecule has 13 heteroatoms. The van der Waals surface area contributed by atoms with E-state index >= 15 is 0 Å². The van der Waals surface area contributed by atoms with E-state index < -0.39 is 45.8 Å². The van der Waals surface area contributed by atoms with Crippen LogP contribution in [-0.2, 0) is 25.8 Å². The molecular weight excluding hydrogens is 515 g/mol. The number of hydrogen-bond donors (Lipinski definition) is 2. The van der Waals surface area contributed by atoms with Crippen LogP contribution in [0.5, 0.6) is 5.75 Å². The zero-order valence-electron chi connectivity index (χ0n) is 19.9. The van der Waals surface area contributed by atoms with Gasteiger partial charge in [0.1, 0.15) is 11.5 Å². The van der Waals surface area contributed by atoms with Crippen molar-refractivity contribution in [2.24, 2.45) is 0 Å². The molecular formula is C24H26F3N3O6S. The lowest BCUT2D eigenvalue weighted by atomic mass is 10.0. The van der Waals surface area contributed by atoms with Crippen molar-refractivity contribution in [1.29, 1.82) is 0 Å². The predicted octanol–water partition coefficient (Wildman–Crippen LogP) is 2.12. The minimum atomic E-state index is -4.87. The van der Waals surface area contributed by atoms with E-state index in [1.807, 2.05) is 4.90 Å². The normalized spacial score (nSPS) is 20.1. The Balaban J connectivity index is 1.57. The second kappa shape index (κ2) is 10.3. The number of likely N-dealkylation sites (N-methyl/N-ethyl adjacent to an activating group) is 1. The summed E-state index contributed by atoms with van der Waals surface area (Å²) in [4.78, 5) is 28.4. The summed E-state index contributed by atoms with van der Waals surface area (Å²) >= 11 is 0. The molecule has 0 aliphatic carbocycles. The van der Waals surface area contributed by atoms with Crippen molar-refractivity contribution >= 4 is 27.3 Å². The summed E-state index contributed by atoms with van der Waals surface area (Å²) < 4.78 is 66.9. The number of rotatable bonds is 7. The molecule has 200 valence electrons. The van der Waals surface area contributed by atoms with Crippen LogP contribution < -0.4 is 10.1 Å². The zero-order chi connectivity index (χ0) is 27.0. The first-order valence-electron chi connectivity index (χ1n) is 11.5. The van der Waals surface area contributed by atoms with Gasteiger partial charge in [-0.15, -0.1) is 13.2 Å². The molecule has 37 heavy (non-hydrogen) atoms. The molecule has 9 nitrogen and oxygen atoms in total. The summed E-state index contributed by atoms with van der Waals surface area (Å²) in [6.45, 7) is 1.21. The van der Waals surface area contributed by atoms with Crippen LogP contribution in [0.1, 0.15) is 23.6 Å². The third-order valence-electron chi connectivity index (χ3n) is 6.35. The number of alkyl halides is 3. The summed E-state index contributed by atoms with van der Waals surface area (Å²) in [5, 5.41) is 12.4. The second-order valence-corrected chi connectivity index (χ2v) is 11.1. The van der Waals surface area contributed by atoms with Gasteiger partial charge in [0.05, 0.1) is 29.1 Å². The molecule has 2 amide bonds. The average Bonchev–Trinajstić information content (AvgIpc) is 3.19. The molecule has 2 atom stereocenters. The number of benzene rings is 2. The third kappa shape index (κ3) is 6.59. The SMILES string of the molecule is CN(C(=O)Cc1ccc2c(c1)NC(=O)CS2(=O)=O)[C@H](CN1CC[C@H](O)C1)c1cccc(OC(F)(F)F)c1. The molecule has 2 aromatic carbocycles. The minimum Gasteiger partial charge on any atom is -0.406 e. The van der Waals surface area contributed by atoms with E-state index in [2.05, 4.69) is 10.1 Å². The number of carbonyl (C=O) groups is 2. The molecule has 0 radical (unpaired) electrons. The molecule has 2 aliphatic rings. The third-order valence-corrected chi connectivity index (χ3v) is 8.01. The smallest absolute Gasteiger partial charge is 0.406 e. The number of anilines is 1. The van der Waals surface area contributed by atoms with Crippen molar-refractivity contribution in [2.75, 3.05) is 37.8 Å². The van der Waals surface area contributed by atoms with E-state index in [0.717, 1.165) is 0 Å². The first-order valence-corrected chi connectivity index (χ1v) is 13.1. The molecule has 0 aromatic heterocycles. The van der Waals surface area contributed by atoms with Crippen LogP contribution in [0.15, 0.2) is 47.4 Å². The Morgan fingerprint density at radius 1 is 1.27 bits per heavy atom. The number of sulfone groups is 1. The van der Waals surface area contributed by atoms with Crippen LogP contribution in [0.2, 0.25) is 0 Å². The van der Waals surface area contributed by atoms with Gasteiger partial charge in [0, 0.05) is 26.7 Å². The largest absolute Gasteiger partial charge is 0.573 e. The Bertz CT molecular complexity index is 1300. The number of ether oxygens (including phenoxy) is 1. The minimum absolute atomic E-state index is 0.0244. The molecule has 4 rings (SSSR count). The number of fused-ring (bicyclic) bond motifs is 1. The predicted molar refractivity (Wildman–Crippen MR) is 127 cm³/mol. The maximum absolute atomic E-state index is 13.3. The first-order chi connectivity index (χ1) is 17.3. The number of nitrogens with zero attached hydrogens (tertiary/aromatic N) is 2. The fourth-order valence-corrected chi connectivity index (χ4v) is 5.85. The maximum atomic E-state index is 13.3. The van der Waals surface area contributed by atoms with Gasteiger partial charge in [-0.2, -0.15) is 0 Å². The number of hydrogen-bond acceptors (Lipinski definition) is 7. The van der Waals surface area contributed by atoms with Gasteiger partial charge in [0.2, 0.25) is 11.8 Å². The molecule has 0 saturated carbocycles. The van der Waals surface area contributed by atoms with E-state index in [1.165, 1.54) is 48.3 Å². The second-order valence-electron chi connectivity index (χ2n) is 9.16. The number of β-amino-alcohol motifs (C(OH)–C–C–N with tert-alkyl or cyclic N) is 1. The number of likely N-dealkylation sites (tertiary alicyclic amines) is 1. The standard InChI is InChI=1S/C24H26F3N3O6S/c1-29(23(33)10-15-5-6-21-19(9-15)28-22(32)14-37(21,34)35)20(13-30-8-7-17(31)12-30)16-3-2-4-18(11-16)36-24(25,26)27/h2-6,9,11,17,20,31H,7-8,10,12-14H2,1H3,(H,28,32)/t17-,20+/m0/s1. The van der Waals surface area contributed by atoms with Crippen LogP contribution in [0.25, 0.3) is 0 Å². The Morgan fingerprint density at radius 2 is 2.03 bits per heavy atom. The lowest BCUT2D eigenvalue weighted by Crippen LogP contribution is -2.39. The van der Waals surface area contributed by atoms with E-state index in [4.69, 9.17) is 0 Å². The lowest BCUT2D eigenvalue weighted by Gasteiger charge is -2.32. The highest BCUT2D eigenvalue weighted by Crippen LogP contribution is 2.31. The summed E-state index contributed by atoms with van der Waals surface area (Å²) in [5.74, 6) is -2.10. The average molecular weight is 542 g/mol. The van der Waals surface area contributed by atoms with E-state index in [0.29, 0.717) is 30.6 Å². The lowest BCUT2D eigenvalue weighted by molar-refractivity contribution is -0.274. The van der Waals surface area contributed by atoms with Gasteiger partial charge in [0.15, 0.2) is 9.84 Å². The van der Waals surface area contributed by atoms with Crippen molar-refractivity contribution in [3.05, 3.63) is 53.6 Å². The van der Waals surface area contributed by atoms with Crippen molar-refractivity contribution in [3.8, 4) is 5.75 Å². The highest BCUT2D eigenvalue weighted by atomic mass is 32.2. The van der Waals surface area contributed by atoms with Gasteiger partial charge in [-0.1, -0.05) is 18.2 Å². The fraction of sp³-hybridized carbons (Fsp3) is 0.417. The summed E-state index contributed by atoms with van der Waals surface area (Å²) in [5.41, 5.74) is 0.976. The Morgan fingerprint density at radius 3 is 2.70 bits per heavy atom. The van der Waals surface area contributed by atoms with Crippen LogP contribution >= 0.6 is 0 Å². The van der Waals surface area contributed by atoms with Gasteiger partial charge >= 0.3 is 6.36 Å². The van der Waals surface area contributed by atoms with Crippen molar-refractivity contribution in [2.45, 2.75) is 36.2 Å². The number of carbonyl (C=O) groups excluding carboxylic acids is 2. The fourth-order valence-electron chi connectivity index (χ4n) is 4.56. The van der Waals surface area contributed by atoms with Crippen molar-refractivity contribution in [1.82, 2.24) is 9.80 Å². The van der Waals surface area contributed by atoms with Gasteiger partial charge < -0.3 is 20.1 Å². The summed E-state index contributed by atoms with van der Waals surface area (Å²) in [7, 11) is -2.23. The Kier molecular flexibility index (Phi) is 7.49. The monoisotopic (exact) mass is 541 g/mol. The Hall–Kier alpha value is -3.16. The molecule has 2 heterocycles. The highest BCUT2D eigenvalue weighted by molar-refractivity contribution is 7.92. The number of aliphatic hydroxyl groups excluding tert-OH is 1.